The van der Waals surface area contributed by atoms with Crippen molar-refractivity contribution in [2.45, 2.75) is 32.2 Å². The van der Waals surface area contributed by atoms with E-state index in [0.717, 1.165) is 48.2 Å². The van der Waals surface area contributed by atoms with E-state index in [4.69, 9.17) is 4.52 Å². The summed E-state index contributed by atoms with van der Waals surface area (Å²) in [6.45, 7) is 1.25. The first-order chi connectivity index (χ1) is 9.33. The number of aryl methyl sites for hydroxylation is 1. The number of H-pyrrole nitrogens is 1. The van der Waals surface area contributed by atoms with Crippen LogP contribution in [0.15, 0.2) is 10.8 Å². The van der Waals surface area contributed by atoms with E-state index in [0.29, 0.717) is 18.8 Å². The fraction of sp³-hybridized carbons (Fsp3) is 0.462. The van der Waals surface area contributed by atoms with Crippen LogP contribution < -0.4 is 0 Å². The maximum absolute atomic E-state index is 12.5. The average molecular weight is 258 g/mol. The highest BCUT2D eigenvalue weighted by molar-refractivity contribution is 5.94. The number of aromatic nitrogens is 3. The lowest BCUT2D eigenvalue weighted by Gasteiger charge is -2.25. The molecule has 1 amide bonds. The molecule has 6 heteroatoms. The maximum Gasteiger partial charge on any atom is 0.274 e. The topological polar surface area (TPSA) is 75.0 Å². The summed E-state index contributed by atoms with van der Waals surface area (Å²) in [6, 6.07) is 0. The zero-order chi connectivity index (χ0) is 12.8. The van der Waals surface area contributed by atoms with Crippen molar-refractivity contribution in [3.63, 3.8) is 0 Å². The second-order valence-electron chi connectivity index (χ2n) is 5.15. The molecule has 0 saturated carbocycles. The van der Waals surface area contributed by atoms with E-state index >= 15 is 0 Å². The van der Waals surface area contributed by atoms with E-state index in [1.165, 1.54) is 0 Å². The van der Waals surface area contributed by atoms with Crippen LogP contribution in [0.3, 0.4) is 0 Å². The molecule has 1 aliphatic carbocycles. The van der Waals surface area contributed by atoms with Gasteiger partial charge < -0.3 is 9.42 Å². The number of carbonyl (C=O) groups is 1. The minimum Gasteiger partial charge on any atom is -0.364 e. The zero-order valence-electron chi connectivity index (χ0n) is 10.5. The molecule has 3 heterocycles. The molecule has 2 aromatic rings. The van der Waals surface area contributed by atoms with Gasteiger partial charge in [-0.25, -0.2) is 0 Å². The van der Waals surface area contributed by atoms with Gasteiger partial charge in [-0.15, -0.1) is 0 Å². The monoisotopic (exact) mass is 258 g/mol. The molecule has 2 aliphatic rings. The lowest BCUT2D eigenvalue weighted by Crippen LogP contribution is -2.36. The molecule has 19 heavy (non-hydrogen) atoms. The van der Waals surface area contributed by atoms with Crippen molar-refractivity contribution in [1.29, 1.82) is 0 Å². The van der Waals surface area contributed by atoms with Gasteiger partial charge in [0.1, 0.15) is 6.26 Å². The molecular formula is C13H14N4O2. The Morgan fingerprint density at radius 2 is 2.32 bits per heavy atom. The molecule has 0 bridgehead atoms. The van der Waals surface area contributed by atoms with Crippen molar-refractivity contribution in [3.8, 4) is 0 Å². The summed E-state index contributed by atoms with van der Waals surface area (Å²) in [5.74, 6) is 0.0197. The molecule has 6 nitrogen and oxygen atoms in total. The summed E-state index contributed by atoms with van der Waals surface area (Å²) >= 11 is 0. The Morgan fingerprint density at radius 3 is 3.26 bits per heavy atom. The molecule has 2 aromatic heterocycles. The minimum atomic E-state index is 0.0197. The van der Waals surface area contributed by atoms with Crippen LogP contribution in [0.1, 0.15) is 39.4 Å². The number of rotatable bonds is 1. The molecule has 0 spiro atoms. The highest BCUT2D eigenvalue weighted by atomic mass is 16.5. The highest BCUT2D eigenvalue weighted by Gasteiger charge is 2.29. The van der Waals surface area contributed by atoms with Gasteiger partial charge in [-0.2, -0.15) is 5.10 Å². The molecule has 0 radical (unpaired) electrons. The molecular weight excluding hydrogens is 244 g/mol. The fourth-order valence-electron chi connectivity index (χ4n) is 2.96. The van der Waals surface area contributed by atoms with Gasteiger partial charge in [-0.3, -0.25) is 9.89 Å². The normalized spacial score (nSPS) is 17.4. The van der Waals surface area contributed by atoms with Gasteiger partial charge in [-0.05, 0) is 19.3 Å². The van der Waals surface area contributed by atoms with Crippen molar-refractivity contribution < 1.29 is 9.32 Å². The standard InChI is InChI=1S/C13H14N4O2/c18-13(12-9-2-1-3-11(9)14-15-12)17-5-4-10-8(6-17)7-19-16-10/h7H,1-6H2,(H,14,15). The van der Waals surface area contributed by atoms with E-state index in [9.17, 15) is 4.79 Å². The third-order valence-corrected chi connectivity index (χ3v) is 4.00. The molecule has 0 aromatic carbocycles. The third kappa shape index (κ3) is 1.59. The van der Waals surface area contributed by atoms with Crippen molar-refractivity contribution in [1.82, 2.24) is 20.3 Å². The van der Waals surface area contributed by atoms with Crippen LogP contribution in [0.25, 0.3) is 0 Å². The van der Waals surface area contributed by atoms with Gasteiger partial charge >= 0.3 is 0 Å². The van der Waals surface area contributed by atoms with Gasteiger partial charge in [-0.1, -0.05) is 5.16 Å². The smallest absolute Gasteiger partial charge is 0.274 e. The number of amides is 1. The number of nitrogens with zero attached hydrogens (tertiary/aromatic N) is 3. The van der Waals surface area contributed by atoms with Gasteiger partial charge in [0.2, 0.25) is 0 Å². The molecule has 1 aliphatic heterocycles. The largest absolute Gasteiger partial charge is 0.364 e. The van der Waals surface area contributed by atoms with Crippen LogP contribution in [0.4, 0.5) is 0 Å². The summed E-state index contributed by atoms with van der Waals surface area (Å²) in [4.78, 5) is 14.4. The van der Waals surface area contributed by atoms with Gasteiger partial charge in [0.05, 0.1) is 12.2 Å². The van der Waals surface area contributed by atoms with Crippen LogP contribution >= 0.6 is 0 Å². The predicted molar refractivity (Wildman–Crippen MR) is 65.6 cm³/mol. The van der Waals surface area contributed by atoms with Crippen LogP contribution in [-0.2, 0) is 25.8 Å². The first kappa shape index (κ1) is 10.8. The van der Waals surface area contributed by atoms with Crippen molar-refractivity contribution >= 4 is 5.91 Å². The molecule has 0 unspecified atom stereocenters. The molecule has 0 fully saturated rings. The summed E-state index contributed by atoms with van der Waals surface area (Å²) in [6.07, 6.45) is 5.46. The van der Waals surface area contributed by atoms with E-state index in [-0.39, 0.29) is 5.91 Å². The number of nitrogens with one attached hydrogen (secondary N) is 1. The summed E-state index contributed by atoms with van der Waals surface area (Å²) < 4.78 is 4.95. The molecule has 0 saturated heterocycles. The number of hydrogen-bond acceptors (Lipinski definition) is 4. The summed E-state index contributed by atoms with van der Waals surface area (Å²) in [7, 11) is 0. The lowest BCUT2D eigenvalue weighted by atomic mass is 10.1. The quantitative estimate of drug-likeness (QED) is 0.830. The van der Waals surface area contributed by atoms with E-state index in [1.807, 2.05) is 4.90 Å². The van der Waals surface area contributed by atoms with Crippen molar-refractivity contribution in [2.75, 3.05) is 6.54 Å². The Hall–Kier alpha value is -2.11. The molecule has 0 atom stereocenters. The molecule has 1 N–H and O–H groups in total. The van der Waals surface area contributed by atoms with E-state index in [1.54, 1.807) is 6.26 Å². The Bertz CT molecular complexity index is 643. The summed E-state index contributed by atoms with van der Waals surface area (Å²) in [5.41, 5.74) is 4.82. The van der Waals surface area contributed by atoms with Crippen LogP contribution in [0.5, 0.6) is 0 Å². The first-order valence-electron chi connectivity index (χ1n) is 6.60. The van der Waals surface area contributed by atoms with Crippen LogP contribution in [-0.4, -0.2) is 32.7 Å². The second kappa shape index (κ2) is 3.94. The Balaban J connectivity index is 1.61. The third-order valence-electron chi connectivity index (χ3n) is 4.00. The predicted octanol–water partition coefficient (Wildman–Crippen LogP) is 1.08. The highest BCUT2D eigenvalue weighted by Crippen LogP contribution is 2.25. The average Bonchev–Trinajstić information content (AvgIpc) is 3.12. The van der Waals surface area contributed by atoms with Crippen molar-refractivity contribution in [2.24, 2.45) is 0 Å². The zero-order valence-corrected chi connectivity index (χ0v) is 10.5. The van der Waals surface area contributed by atoms with Gasteiger partial charge in [0.25, 0.3) is 5.91 Å². The van der Waals surface area contributed by atoms with E-state index in [2.05, 4.69) is 15.4 Å². The van der Waals surface area contributed by atoms with Gasteiger partial charge in [0.15, 0.2) is 5.69 Å². The van der Waals surface area contributed by atoms with Crippen molar-refractivity contribution in [3.05, 3.63) is 34.5 Å². The minimum absolute atomic E-state index is 0.0197. The Labute approximate surface area is 109 Å². The lowest BCUT2D eigenvalue weighted by molar-refractivity contribution is 0.0727. The molecule has 4 rings (SSSR count). The van der Waals surface area contributed by atoms with Crippen LogP contribution in [0.2, 0.25) is 0 Å². The van der Waals surface area contributed by atoms with Crippen LogP contribution in [0, 0.1) is 0 Å². The summed E-state index contributed by atoms with van der Waals surface area (Å²) in [5, 5.41) is 11.1. The Kier molecular flexibility index (Phi) is 2.24. The van der Waals surface area contributed by atoms with E-state index < -0.39 is 0 Å². The number of fused-ring (bicyclic) bond motifs is 2. The first-order valence-corrected chi connectivity index (χ1v) is 6.60. The number of aromatic amines is 1. The SMILES string of the molecule is O=C(c1n[nH]c2c1CCC2)N1CCc2nocc2C1. The van der Waals surface area contributed by atoms with Gasteiger partial charge in [0, 0.05) is 29.8 Å². The fourth-order valence-corrected chi connectivity index (χ4v) is 2.96. The Morgan fingerprint density at radius 1 is 1.37 bits per heavy atom. The maximum atomic E-state index is 12.5. The molecule has 98 valence electrons. The number of carbonyl (C=O) groups excluding carboxylic acids is 1. The number of hydrogen-bond donors (Lipinski definition) is 1. The second-order valence-corrected chi connectivity index (χ2v) is 5.15.